The fraction of sp³-hybridized carbons (Fsp3) is 0.385. The molecule has 1 atom stereocenters. The van der Waals surface area contributed by atoms with Crippen molar-refractivity contribution in [3.8, 4) is 0 Å². The number of aliphatic carboxylic acids is 1. The number of hydrogen-bond acceptors (Lipinski definition) is 5. The maximum Gasteiger partial charge on any atom is 0.436 e. The van der Waals surface area contributed by atoms with E-state index in [-0.39, 0.29) is 6.04 Å². The third-order valence-electron chi connectivity index (χ3n) is 3.09. The molecule has 0 aliphatic carbocycles. The standard InChI is InChI=1S/C13H16N2O4/c1-14-7-8-15(19-13(18)12(16)17)11(9-14)10-5-3-2-4-6-10/h2-6,11H,7-9H2,1H3,(H,16,17). The van der Waals surface area contributed by atoms with Gasteiger partial charge in [0.25, 0.3) is 0 Å². The van der Waals surface area contributed by atoms with Gasteiger partial charge in [0.2, 0.25) is 0 Å². The van der Waals surface area contributed by atoms with Crippen LogP contribution in [-0.2, 0) is 14.4 Å². The van der Waals surface area contributed by atoms with Crippen LogP contribution in [0.25, 0.3) is 0 Å². The SMILES string of the molecule is CN1CCN(OC(=O)C(=O)O)C(c2ccccc2)C1. The minimum Gasteiger partial charge on any atom is -0.473 e. The van der Waals surface area contributed by atoms with Gasteiger partial charge in [-0.1, -0.05) is 30.3 Å². The van der Waals surface area contributed by atoms with Crippen LogP contribution in [0.4, 0.5) is 0 Å². The van der Waals surface area contributed by atoms with Crippen LogP contribution < -0.4 is 0 Å². The van der Waals surface area contributed by atoms with Gasteiger partial charge in [-0.2, -0.15) is 0 Å². The third kappa shape index (κ3) is 3.30. The lowest BCUT2D eigenvalue weighted by molar-refractivity contribution is -0.216. The number of hydrogen-bond donors (Lipinski definition) is 1. The van der Waals surface area contributed by atoms with E-state index in [1.807, 2.05) is 37.4 Å². The van der Waals surface area contributed by atoms with E-state index >= 15 is 0 Å². The molecule has 0 amide bonds. The highest BCUT2D eigenvalue weighted by Gasteiger charge is 2.31. The number of carboxylic acid groups (broad SMARTS) is 1. The van der Waals surface area contributed by atoms with Crippen molar-refractivity contribution in [1.29, 1.82) is 0 Å². The van der Waals surface area contributed by atoms with Crippen LogP contribution >= 0.6 is 0 Å². The van der Waals surface area contributed by atoms with Gasteiger partial charge in [0.1, 0.15) is 0 Å². The van der Waals surface area contributed by atoms with Gasteiger partial charge in [-0.05, 0) is 12.6 Å². The van der Waals surface area contributed by atoms with Gasteiger partial charge in [0.15, 0.2) is 0 Å². The van der Waals surface area contributed by atoms with Crippen molar-refractivity contribution in [3.63, 3.8) is 0 Å². The molecule has 2 rings (SSSR count). The number of likely N-dealkylation sites (N-methyl/N-ethyl adjacent to an activating group) is 1. The van der Waals surface area contributed by atoms with Crippen LogP contribution in [0.3, 0.4) is 0 Å². The molecule has 0 spiro atoms. The Kier molecular flexibility index (Phi) is 4.13. The van der Waals surface area contributed by atoms with Gasteiger partial charge in [0, 0.05) is 19.6 Å². The zero-order valence-electron chi connectivity index (χ0n) is 10.7. The van der Waals surface area contributed by atoms with Crippen molar-refractivity contribution < 1.29 is 19.5 Å². The quantitative estimate of drug-likeness (QED) is 0.785. The summed E-state index contributed by atoms with van der Waals surface area (Å²) in [4.78, 5) is 28.8. The number of benzene rings is 1. The lowest BCUT2D eigenvalue weighted by Crippen LogP contribution is -2.48. The van der Waals surface area contributed by atoms with Gasteiger partial charge >= 0.3 is 11.9 Å². The molecule has 1 N–H and O–H groups in total. The average molecular weight is 264 g/mol. The van der Waals surface area contributed by atoms with Crippen molar-refractivity contribution in [3.05, 3.63) is 35.9 Å². The van der Waals surface area contributed by atoms with Crippen LogP contribution in [0.2, 0.25) is 0 Å². The molecule has 1 fully saturated rings. The Bertz CT molecular complexity index is 463. The van der Waals surface area contributed by atoms with Crippen molar-refractivity contribution in [2.45, 2.75) is 6.04 Å². The molecule has 0 bridgehead atoms. The fourth-order valence-electron chi connectivity index (χ4n) is 2.10. The maximum absolute atomic E-state index is 11.2. The first-order valence-electron chi connectivity index (χ1n) is 6.03. The van der Waals surface area contributed by atoms with Crippen molar-refractivity contribution in [2.24, 2.45) is 0 Å². The van der Waals surface area contributed by atoms with Crippen molar-refractivity contribution in [2.75, 3.05) is 26.7 Å². The number of rotatable bonds is 2. The maximum atomic E-state index is 11.2. The number of carboxylic acids is 1. The highest BCUT2D eigenvalue weighted by molar-refractivity contribution is 6.28. The van der Waals surface area contributed by atoms with Crippen LogP contribution in [0.5, 0.6) is 0 Å². The molecule has 0 radical (unpaired) electrons. The van der Waals surface area contributed by atoms with Crippen molar-refractivity contribution in [1.82, 2.24) is 9.96 Å². The zero-order valence-corrected chi connectivity index (χ0v) is 10.7. The molecule has 1 saturated heterocycles. The first-order valence-corrected chi connectivity index (χ1v) is 6.03. The minimum atomic E-state index is -1.58. The Morgan fingerprint density at radius 1 is 1.26 bits per heavy atom. The Morgan fingerprint density at radius 2 is 1.95 bits per heavy atom. The molecule has 0 saturated carbocycles. The topological polar surface area (TPSA) is 70.1 Å². The molecule has 1 aliphatic rings. The molecule has 1 aromatic carbocycles. The van der Waals surface area contributed by atoms with Gasteiger partial charge in [-0.15, -0.1) is 5.06 Å². The summed E-state index contributed by atoms with van der Waals surface area (Å²) >= 11 is 0. The molecular weight excluding hydrogens is 248 g/mol. The summed E-state index contributed by atoms with van der Waals surface area (Å²) in [6, 6.07) is 9.44. The van der Waals surface area contributed by atoms with E-state index in [1.165, 1.54) is 5.06 Å². The van der Waals surface area contributed by atoms with E-state index in [0.29, 0.717) is 13.1 Å². The second-order valence-corrected chi connectivity index (χ2v) is 4.51. The lowest BCUT2D eigenvalue weighted by Gasteiger charge is -2.38. The summed E-state index contributed by atoms with van der Waals surface area (Å²) in [6.07, 6.45) is 0. The molecule has 1 aromatic rings. The fourth-order valence-corrected chi connectivity index (χ4v) is 2.10. The number of nitrogens with zero attached hydrogens (tertiary/aromatic N) is 2. The van der Waals surface area contributed by atoms with E-state index in [1.54, 1.807) is 0 Å². The normalized spacial score (nSPS) is 21.0. The van der Waals surface area contributed by atoms with Crippen LogP contribution in [-0.4, -0.2) is 53.7 Å². The molecule has 1 aliphatic heterocycles. The Morgan fingerprint density at radius 3 is 2.58 bits per heavy atom. The zero-order chi connectivity index (χ0) is 13.8. The molecular formula is C13H16N2O4. The smallest absolute Gasteiger partial charge is 0.436 e. The van der Waals surface area contributed by atoms with Crippen LogP contribution in [0.1, 0.15) is 11.6 Å². The lowest BCUT2D eigenvalue weighted by atomic mass is 10.0. The second-order valence-electron chi connectivity index (χ2n) is 4.51. The number of hydroxylamine groups is 2. The Labute approximate surface area is 111 Å². The van der Waals surface area contributed by atoms with Gasteiger partial charge in [0.05, 0.1) is 6.04 Å². The summed E-state index contributed by atoms with van der Waals surface area (Å²) in [5.74, 6) is -2.82. The summed E-state index contributed by atoms with van der Waals surface area (Å²) in [5.41, 5.74) is 0.993. The van der Waals surface area contributed by atoms with E-state index in [2.05, 4.69) is 4.90 Å². The van der Waals surface area contributed by atoms with Gasteiger partial charge in [-0.3, -0.25) is 0 Å². The summed E-state index contributed by atoms with van der Waals surface area (Å²) < 4.78 is 0. The molecule has 1 heterocycles. The molecule has 1 unspecified atom stereocenters. The van der Waals surface area contributed by atoms with E-state index in [4.69, 9.17) is 9.94 Å². The highest BCUT2D eigenvalue weighted by atomic mass is 16.7. The summed E-state index contributed by atoms with van der Waals surface area (Å²) in [5, 5.41) is 10.1. The highest BCUT2D eigenvalue weighted by Crippen LogP contribution is 2.24. The number of piperazine rings is 1. The Hall–Kier alpha value is -1.92. The third-order valence-corrected chi connectivity index (χ3v) is 3.09. The molecule has 6 heteroatoms. The molecule has 19 heavy (non-hydrogen) atoms. The minimum absolute atomic E-state index is 0.150. The average Bonchev–Trinajstić information content (AvgIpc) is 2.41. The number of carbonyl (C=O) groups is 2. The first-order chi connectivity index (χ1) is 9.08. The van der Waals surface area contributed by atoms with E-state index < -0.39 is 11.9 Å². The van der Waals surface area contributed by atoms with Crippen molar-refractivity contribution >= 4 is 11.9 Å². The van der Waals surface area contributed by atoms with Crippen LogP contribution in [0, 0.1) is 0 Å². The largest absolute Gasteiger partial charge is 0.473 e. The summed E-state index contributed by atoms with van der Waals surface area (Å²) in [7, 11) is 1.98. The number of carbonyl (C=O) groups excluding carboxylic acids is 1. The van der Waals surface area contributed by atoms with Crippen LogP contribution in [0.15, 0.2) is 30.3 Å². The molecule has 102 valence electrons. The van der Waals surface area contributed by atoms with E-state index in [0.717, 1.165) is 12.1 Å². The molecule has 6 nitrogen and oxygen atoms in total. The van der Waals surface area contributed by atoms with Gasteiger partial charge in [-0.25, -0.2) is 9.59 Å². The van der Waals surface area contributed by atoms with E-state index in [9.17, 15) is 9.59 Å². The van der Waals surface area contributed by atoms with Gasteiger partial charge < -0.3 is 14.8 Å². The predicted molar refractivity (Wildman–Crippen MR) is 67.1 cm³/mol. The predicted octanol–water partition coefficient (Wildman–Crippen LogP) is 0.518. The Balaban J connectivity index is 2.15. The molecule has 0 aromatic heterocycles. The first kappa shape index (κ1) is 13.5. The second kappa shape index (κ2) is 5.81. The monoisotopic (exact) mass is 264 g/mol. The summed E-state index contributed by atoms with van der Waals surface area (Å²) in [6.45, 7) is 1.88.